The second-order valence-electron chi connectivity index (χ2n) is 5.99. The summed E-state index contributed by atoms with van der Waals surface area (Å²) in [5, 5.41) is 0. The summed E-state index contributed by atoms with van der Waals surface area (Å²) in [5.41, 5.74) is 1.24. The van der Waals surface area contributed by atoms with Gasteiger partial charge < -0.3 is 9.42 Å². The van der Waals surface area contributed by atoms with Crippen LogP contribution in [-0.4, -0.2) is 11.5 Å². The van der Waals surface area contributed by atoms with Gasteiger partial charge in [0.25, 0.3) is 0 Å². The predicted octanol–water partition coefficient (Wildman–Crippen LogP) is 5.78. The van der Waals surface area contributed by atoms with Crippen molar-refractivity contribution in [2.45, 2.75) is 45.1 Å². The molecule has 3 nitrogen and oxygen atoms in total. The average Bonchev–Trinajstić information content (AvgIpc) is 2.63. The molecule has 0 bridgehead atoms. The van der Waals surface area contributed by atoms with Crippen LogP contribution < -0.4 is 0 Å². The van der Waals surface area contributed by atoms with E-state index >= 15 is 0 Å². The molecule has 0 heterocycles. The number of rotatable bonds is 10. The Balaban J connectivity index is 2.07. The van der Waals surface area contributed by atoms with E-state index in [2.05, 4.69) is 6.92 Å². The summed E-state index contributed by atoms with van der Waals surface area (Å²) in [5.74, 6) is 0. The smallest absolute Gasteiger partial charge is 0.328 e. The van der Waals surface area contributed by atoms with Gasteiger partial charge in [-0.1, -0.05) is 86.8 Å². The average molecular weight is 346 g/mol. The molecule has 2 aromatic rings. The summed E-state index contributed by atoms with van der Waals surface area (Å²) in [6, 6.07) is 19.9. The predicted molar refractivity (Wildman–Crippen MR) is 99.7 cm³/mol. The molecular weight excluding hydrogens is 319 g/mol. The molecule has 0 aromatic heterocycles. The molecular formula is C20H27O3P. The van der Waals surface area contributed by atoms with Gasteiger partial charge in [0.1, 0.15) is 5.60 Å². The first-order chi connectivity index (χ1) is 11.7. The van der Waals surface area contributed by atoms with Crippen molar-refractivity contribution >= 4 is 8.60 Å². The maximum Gasteiger partial charge on any atom is 0.331 e. The van der Waals surface area contributed by atoms with Crippen LogP contribution in [0.1, 0.15) is 50.7 Å². The largest absolute Gasteiger partial charge is 0.331 e. The maximum absolute atomic E-state index is 10.3. The second kappa shape index (κ2) is 9.90. The molecule has 0 spiro atoms. The van der Waals surface area contributed by atoms with Crippen LogP contribution in [0.15, 0.2) is 60.7 Å². The fourth-order valence-electron chi connectivity index (χ4n) is 2.64. The fraction of sp³-hybridized carbons (Fsp3) is 0.400. The highest BCUT2D eigenvalue weighted by molar-refractivity contribution is 7.40. The Bertz CT molecular complexity index is 534. The summed E-state index contributed by atoms with van der Waals surface area (Å²) in [6.07, 6.45) is 4.45. The number of hydrogen-bond donors (Lipinski definition) is 1. The normalized spacial score (nSPS) is 13.0. The third-order valence-electron chi connectivity index (χ3n) is 4.11. The Kier molecular flexibility index (Phi) is 7.87. The van der Waals surface area contributed by atoms with Gasteiger partial charge in [-0.05, 0) is 24.5 Å². The van der Waals surface area contributed by atoms with E-state index in [9.17, 15) is 4.89 Å². The lowest BCUT2D eigenvalue weighted by Crippen LogP contribution is -2.25. The van der Waals surface area contributed by atoms with Gasteiger partial charge in [0, 0.05) is 0 Å². The van der Waals surface area contributed by atoms with Crippen molar-refractivity contribution in [1.29, 1.82) is 0 Å². The van der Waals surface area contributed by atoms with Crippen LogP contribution in [0.4, 0.5) is 0 Å². The lowest BCUT2D eigenvalue weighted by molar-refractivity contribution is 0.0917. The number of unbranched alkanes of at least 4 members (excludes halogenated alkanes) is 3. The minimum Gasteiger partial charge on any atom is -0.328 e. The van der Waals surface area contributed by atoms with Gasteiger partial charge in [-0.15, -0.1) is 0 Å². The molecule has 0 amide bonds. The van der Waals surface area contributed by atoms with Crippen molar-refractivity contribution in [3.05, 3.63) is 71.8 Å². The van der Waals surface area contributed by atoms with Gasteiger partial charge >= 0.3 is 8.60 Å². The molecule has 1 N–H and O–H groups in total. The molecule has 0 radical (unpaired) electrons. The highest BCUT2D eigenvalue weighted by Gasteiger charge is 2.33. The lowest BCUT2D eigenvalue weighted by Gasteiger charge is -2.32. The quantitative estimate of drug-likeness (QED) is 0.437. The van der Waals surface area contributed by atoms with E-state index in [0.29, 0.717) is 6.61 Å². The molecule has 0 aliphatic rings. The molecule has 0 aliphatic carbocycles. The van der Waals surface area contributed by atoms with Gasteiger partial charge in [-0.3, -0.25) is 4.52 Å². The number of benzene rings is 2. The van der Waals surface area contributed by atoms with Gasteiger partial charge in [0.05, 0.1) is 6.61 Å². The van der Waals surface area contributed by atoms with Crippen LogP contribution >= 0.6 is 8.60 Å². The molecule has 4 heteroatoms. The Morgan fingerprint density at radius 1 is 0.875 bits per heavy atom. The van der Waals surface area contributed by atoms with Gasteiger partial charge in [0.2, 0.25) is 0 Å². The topological polar surface area (TPSA) is 38.7 Å². The molecule has 24 heavy (non-hydrogen) atoms. The first-order valence-electron chi connectivity index (χ1n) is 8.59. The van der Waals surface area contributed by atoms with E-state index in [1.54, 1.807) is 0 Å². The lowest BCUT2D eigenvalue weighted by atomic mass is 9.88. The third-order valence-corrected chi connectivity index (χ3v) is 5.03. The molecule has 0 saturated heterocycles. The van der Waals surface area contributed by atoms with Crippen LogP contribution in [0.2, 0.25) is 0 Å². The van der Waals surface area contributed by atoms with Crippen LogP contribution in [0, 0.1) is 0 Å². The van der Waals surface area contributed by atoms with Gasteiger partial charge in [-0.25, -0.2) is 0 Å². The van der Waals surface area contributed by atoms with E-state index in [-0.39, 0.29) is 0 Å². The standard InChI is InChI=1S/C20H27O3P/c1-3-4-5-12-17-22-24(21)23-20(2,18-13-8-6-9-14-18)19-15-10-7-11-16-19/h6-11,13-16,21H,3-5,12,17H2,1-2H3. The molecule has 0 saturated carbocycles. The van der Waals surface area contributed by atoms with Gasteiger partial charge in [0.15, 0.2) is 0 Å². The molecule has 2 rings (SSSR count). The summed E-state index contributed by atoms with van der Waals surface area (Å²) in [7, 11) is -1.94. The summed E-state index contributed by atoms with van der Waals surface area (Å²) in [4.78, 5) is 10.3. The van der Waals surface area contributed by atoms with E-state index in [0.717, 1.165) is 24.0 Å². The highest BCUT2D eigenvalue weighted by atomic mass is 31.2. The third kappa shape index (κ3) is 5.39. The van der Waals surface area contributed by atoms with E-state index < -0.39 is 14.2 Å². The monoisotopic (exact) mass is 346 g/mol. The van der Waals surface area contributed by atoms with Crippen molar-refractivity contribution in [2.24, 2.45) is 0 Å². The van der Waals surface area contributed by atoms with E-state index in [4.69, 9.17) is 9.05 Å². The van der Waals surface area contributed by atoms with Crippen LogP contribution in [-0.2, 0) is 14.6 Å². The zero-order valence-electron chi connectivity index (χ0n) is 14.5. The molecule has 1 atom stereocenters. The van der Waals surface area contributed by atoms with Crippen LogP contribution in [0.3, 0.4) is 0 Å². The van der Waals surface area contributed by atoms with Gasteiger partial charge in [-0.2, -0.15) is 0 Å². The molecule has 1 unspecified atom stereocenters. The minimum absolute atomic E-state index is 0.530. The summed E-state index contributed by atoms with van der Waals surface area (Å²) in [6.45, 7) is 4.68. The Hall–Kier alpha value is -1.25. The first kappa shape index (κ1) is 19.1. The number of hydrogen-bond acceptors (Lipinski definition) is 3. The van der Waals surface area contributed by atoms with Crippen molar-refractivity contribution in [3.63, 3.8) is 0 Å². The van der Waals surface area contributed by atoms with Crippen molar-refractivity contribution in [1.82, 2.24) is 0 Å². The van der Waals surface area contributed by atoms with Crippen LogP contribution in [0.25, 0.3) is 0 Å². The van der Waals surface area contributed by atoms with E-state index in [1.807, 2.05) is 67.6 Å². The van der Waals surface area contributed by atoms with E-state index in [1.165, 1.54) is 12.8 Å². The summed E-state index contributed by atoms with van der Waals surface area (Å²) >= 11 is 0. The Morgan fingerprint density at radius 2 is 1.42 bits per heavy atom. The van der Waals surface area contributed by atoms with Crippen molar-refractivity contribution in [2.75, 3.05) is 6.61 Å². The molecule has 0 aliphatic heterocycles. The summed E-state index contributed by atoms with van der Waals surface area (Å²) < 4.78 is 11.5. The molecule has 130 valence electrons. The maximum atomic E-state index is 10.3. The fourth-order valence-corrected chi connectivity index (χ4v) is 3.50. The first-order valence-corrected chi connectivity index (χ1v) is 9.72. The second-order valence-corrected chi connectivity index (χ2v) is 6.90. The SMILES string of the molecule is CCCCCCOP(O)OC(C)(c1ccccc1)c1ccccc1. The van der Waals surface area contributed by atoms with Crippen molar-refractivity contribution < 1.29 is 13.9 Å². The Labute approximate surface area is 146 Å². The zero-order chi connectivity index (χ0) is 17.3. The minimum atomic E-state index is -1.94. The molecule has 2 aromatic carbocycles. The van der Waals surface area contributed by atoms with Crippen molar-refractivity contribution in [3.8, 4) is 0 Å². The highest BCUT2D eigenvalue weighted by Crippen LogP contribution is 2.46. The molecule has 0 fully saturated rings. The zero-order valence-corrected chi connectivity index (χ0v) is 15.4. The van der Waals surface area contributed by atoms with Crippen LogP contribution in [0.5, 0.6) is 0 Å². The Morgan fingerprint density at radius 3 is 1.92 bits per heavy atom.